The Morgan fingerprint density at radius 1 is 1.47 bits per heavy atom. The number of hydrogen-bond donors (Lipinski definition) is 2. The Labute approximate surface area is 116 Å². The molecule has 1 saturated heterocycles. The van der Waals surface area contributed by atoms with Gasteiger partial charge in [-0.25, -0.2) is 4.79 Å². The van der Waals surface area contributed by atoms with Gasteiger partial charge in [-0.2, -0.15) is 0 Å². The normalized spacial score (nSPS) is 20.6. The van der Waals surface area contributed by atoms with Crippen LogP contribution in [0.4, 0.5) is 0 Å². The fourth-order valence-electron chi connectivity index (χ4n) is 2.24. The van der Waals surface area contributed by atoms with Gasteiger partial charge in [-0.3, -0.25) is 4.79 Å². The summed E-state index contributed by atoms with van der Waals surface area (Å²) in [7, 11) is 0. The third kappa shape index (κ3) is 3.24. The molecule has 1 fully saturated rings. The third-order valence-electron chi connectivity index (χ3n) is 3.19. The van der Waals surface area contributed by atoms with Crippen LogP contribution in [-0.2, 0) is 16.0 Å². The molecule has 19 heavy (non-hydrogen) atoms. The van der Waals surface area contributed by atoms with E-state index in [-0.39, 0.29) is 24.8 Å². The zero-order chi connectivity index (χ0) is 14.0. The van der Waals surface area contributed by atoms with E-state index in [4.69, 9.17) is 17.3 Å². The van der Waals surface area contributed by atoms with E-state index in [2.05, 4.69) is 0 Å². The summed E-state index contributed by atoms with van der Waals surface area (Å²) < 4.78 is 0. The third-order valence-corrected chi connectivity index (χ3v) is 3.44. The standard InChI is InChI=1S/C13H15ClN2O3/c14-9-3-1-8(2-4-9)5-11(13(18)19)16-7-10(15)6-12(16)17/h1-4,10-11H,5-7,15H2,(H,18,19)/t10?,11-/m0/s1. The number of rotatable bonds is 4. The number of carbonyl (C=O) groups is 2. The molecule has 0 spiro atoms. The maximum absolute atomic E-state index is 11.7. The van der Waals surface area contributed by atoms with Gasteiger partial charge in [0.15, 0.2) is 0 Å². The first-order chi connectivity index (χ1) is 8.97. The summed E-state index contributed by atoms with van der Waals surface area (Å²) in [5.74, 6) is -1.22. The molecule has 0 saturated carbocycles. The van der Waals surface area contributed by atoms with Gasteiger partial charge in [-0.15, -0.1) is 0 Å². The second kappa shape index (κ2) is 5.59. The van der Waals surface area contributed by atoms with Crippen molar-refractivity contribution in [3.05, 3.63) is 34.9 Å². The van der Waals surface area contributed by atoms with Gasteiger partial charge in [0.1, 0.15) is 6.04 Å². The molecule has 1 amide bonds. The first-order valence-corrected chi connectivity index (χ1v) is 6.37. The number of carbonyl (C=O) groups excluding carboxylic acids is 1. The molecule has 1 aromatic rings. The second-order valence-corrected chi connectivity index (χ2v) is 5.13. The Morgan fingerprint density at radius 3 is 2.58 bits per heavy atom. The largest absolute Gasteiger partial charge is 0.480 e. The molecule has 1 heterocycles. The average Bonchev–Trinajstić information content (AvgIpc) is 2.67. The number of carboxylic acids is 1. The van der Waals surface area contributed by atoms with Crippen LogP contribution in [0.1, 0.15) is 12.0 Å². The van der Waals surface area contributed by atoms with E-state index in [1.54, 1.807) is 24.3 Å². The predicted octanol–water partition coefficient (Wildman–Crippen LogP) is 0.895. The molecule has 1 aliphatic heterocycles. The maximum atomic E-state index is 11.7. The lowest BCUT2D eigenvalue weighted by Gasteiger charge is -2.24. The van der Waals surface area contributed by atoms with Gasteiger partial charge >= 0.3 is 5.97 Å². The SMILES string of the molecule is NC1CC(=O)N([C@@H](Cc2ccc(Cl)cc2)C(=O)O)C1. The number of aliphatic carboxylic acids is 1. The molecule has 2 rings (SSSR count). The Balaban J connectivity index is 2.15. The quantitative estimate of drug-likeness (QED) is 0.859. The molecule has 2 atom stereocenters. The summed E-state index contributed by atoms with van der Waals surface area (Å²) in [6, 6.07) is 5.78. The van der Waals surface area contributed by atoms with Gasteiger partial charge in [0.2, 0.25) is 5.91 Å². The van der Waals surface area contributed by atoms with Crippen LogP contribution >= 0.6 is 11.6 Å². The molecular formula is C13H15ClN2O3. The minimum absolute atomic E-state index is 0.200. The minimum Gasteiger partial charge on any atom is -0.480 e. The molecule has 0 aliphatic carbocycles. The highest BCUT2D eigenvalue weighted by Crippen LogP contribution is 2.18. The van der Waals surface area contributed by atoms with Crippen LogP contribution < -0.4 is 5.73 Å². The smallest absolute Gasteiger partial charge is 0.326 e. The molecular weight excluding hydrogens is 268 g/mol. The van der Waals surface area contributed by atoms with Gasteiger partial charge in [0.05, 0.1) is 0 Å². The Bertz CT molecular complexity index is 489. The van der Waals surface area contributed by atoms with Crippen molar-refractivity contribution in [3.8, 4) is 0 Å². The van der Waals surface area contributed by atoms with Crippen molar-refractivity contribution in [3.63, 3.8) is 0 Å². The first-order valence-electron chi connectivity index (χ1n) is 5.99. The van der Waals surface area contributed by atoms with Crippen molar-refractivity contribution < 1.29 is 14.7 Å². The molecule has 1 unspecified atom stereocenters. The number of likely N-dealkylation sites (tertiary alicyclic amines) is 1. The van der Waals surface area contributed by atoms with Crippen LogP contribution in [0.3, 0.4) is 0 Å². The van der Waals surface area contributed by atoms with Gasteiger partial charge in [-0.1, -0.05) is 23.7 Å². The molecule has 0 bridgehead atoms. The highest BCUT2D eigenvalue weighted by atomic mass is 35.5. The highest BCUT2D eigenvalue weighted by Gasteiger charge is 2.36. The molecule has 3 N–H and O–H groups in total. The number of nitrogens with zero attached hydrogens (tertiary/aromatic N) is 1. The van der Waals surface area contributed by atoms with Crippen molar-refractivity contribution in [2.45, 2.75) is 24.9 Å². The van der Waals surface area contributed by atoms with Crippen LogP contribution in [0.25, 0.3) is 0 Å². The van der Waals surface area contributed by atoms with E-state index in [9.17, 15) is 14.7 Å². The monoisotopic (exact) mass is 282 g/mol. The number of hydrogen-bond acceptors (Lipinski definition) is 3. The lowest BCUT2D eigenvalue weighted by atomic mass is 10.0. The molecule has 6 heteroatoms. The summed E-state index contributed by atoms with van der Waals surface area (Å²) in [5, 5.41) is 9.89. The molecule has 1 aromatic carbocycles. The lowest BCUT2D eigenvalue weighted by Crippen LogP contribution is -2.44. The maximum Gasteiger partial charge on any atom is 0.326 e. The zero-order valence-electron chi connectivity index (χ0n) is 10.3. The zero-order valence-corrected chi connectivity index (χ0v) is 11.0. The van der Waals surface area contributed by atoms with Gasteiger partial charge in [0.25, 0.3) is 0 Å². The number of halogens is 1. The second-order valence-electron chi connectivity index (χ2n) is 4.69. The number of benzene rings is 1. The van der Waals surface area contributed by atoms with Gasteiger partial charge in [0, 0.05) is 30.5 Å². The number of carboxylic acid groups (broad SMARTS) is 1. The first kappa shape index (κ1) is 13.8. The van der Waals surface area contributed by atoms with Crippen molar-refractivity contribution >= 4 is 23.5 Å². The minimum atomic E-state index is -1.02. The predicted molar refractivity (Wildman–Crippen MR) is 70.9 cm³/mol. The Kier molecular flexibility index (Phi) is 4.07. The number of nitrogens with two attached hydrogens (primary N) is 1. The Morgan fingerprint density at radius 2 is 2.11 bits per heavy atom. The molecule has 5 nitrogen and oxygen atoms in total. The van der Waals surface area contributed by atoms with Crippen molar-refractivity contribution in [2.24, 2.45) is 5.73 Å². The molecule has 0 radical (unpaired) electrons. The highest BCUT2D eigenvalue weighted by molar-refractivity contribution is 6.30. The van der Waals surface area contributed by atoms with Gasteiger partial charge in [-0.05, 0) is 17.7 Å². The van der Waals surface area contributed by atoms with Crippen LogP contribution in [-0.4, -0.2) is 40.5 Å². The summed E-state index contributed by atoms with van der Waals surface area (Å²) in [6.45, 7) is 0.295. The van der Waals surface area contributed by atoms with E-state index in [0.717, 1.165) is 5.56 Å². The van der Waals surface area contributed by atoms with Crippen LogP contribution in [0, 0.1) is 0 Å². The topological polar surface area (TPSA) is 83.6 Å². The van der Waals surface area contributed by atoms with Crippen LogP contribution in [0.5, 0.6) is 0 Å². The summed E-state index contributed by atoms with van der Waals surface area (Å²) in [6.07, 6.45) is 0.468. The molecule has 0 aromatic heterocycles. The van der Waals surface area contributed by atoms with E-state index in [1.165, 1.54) is 4.90 Å². The van der Waals surface area contributed by atoms with E-state index < -0.39 is 12.0 Å². The van der Waals surface area contributed by atoms with Crippen molar-refractivity contribution in [1.29, 1.82) is 0 Å². The van der Waals surface area contributed by atoms with E-state index >= 15 is 0 Å². The van der Waals surface area contributed by atoms with Crippen LogP contribution in [0.15, 0.2) is 24.3 Å². The summed E-state index contributed by atoms with van der Waals surface area (Å²) in [5.41, 5.74) is 6.52. The lowest BCUT2D eigenvalue weighted by molar-refractivity contribution is -0.148. The van der Waals surface area contributed by atoms with E-state index in [1.807, 2.05) is 0 Å². The molecule has 102 valence electrons. The van der Waals surface area contributed by atoms with Crippen molar-refractivity contribution in [1.82, 2.24) is 4.90 Å². The summed E-state index contributed by atoms with van der Waals surface area (Å²) in [4.78, 5) is 24.4. The van der Waals surface area contributed by atoms with Crippen LogP contribution in [0.2, 0.25) is 5.02 Å². The summed E-state index contributed by atoms with van der Waals surface area (Å²) >= 11 is 5.78. The Hall–Kier alpha value is -1.59. The number of amides is 1. The fraction of sp³-hybridized carbons (Fsp3) is 0.385. The van der Waals surface area contributed by atoms with E-state index in [0.29, 0.717) is 11.6 Å². The van der Waals surface area contributed by atoms with Crippen molar-refractivity contribution in [2.75, 3.05) is 6.54 Å². The van der Waals surface area contributed by atoms with Gasteiger partial charge < -0.3 is 15.7 Å². The molecule has 1 aliphatic rings. The average molecular weight is 283 g/mol. The fourth-order valence-corrected chi connectivity index (χ4v) is 2.36.